The topological polar surface area (TPSA) is 33.2 Å². The van der Waals surface area contributed by atoms with Gasteiger partial charge in [-0.15, -0.1) is 0 Å². The van der Waals surface area contributed by atoms with E-state index in [1.54, 1.807) is 0 Å². The van der Waals surface area contributed by atoms with Crippen LogP contribution >= 0.6 is 0 Å². The number of likely N-dealkylation sites (tertiary alicyclic amines) is 1. The largest absolute Gasteiger partial charge is 0.342 e. The van der Waals surface area contributed by atoms with Crippen molar-refractivity contribution >= 4 is 5.91 Å². The molecular weight excluding hydrogens is 368 g/mol. The van der Waals surface area contributed by atoms with Crippen LogP contribution < -0.4 is 0 Å². The first kappa shape index (κ1) is 20.3. The molecule has 1 aromatic heterocycles. The van der Waals surface area contributed by atoms with Gasteiger partial charge in [0.25, 0.3) is 0 Å². The van der Waals surface area contributed by atoms with Gasteiger partial charge in [0.2, 0.25) is 5.91 Å². The number of benzene rings is 2. The Labute approximate surface area is 179 Å². The molecule has 1 aliphatic rings. The molecule has 30 heavy (non-hydrogen) atoms. The second-order valence-electron chi connectivity index (χ2n) is 8.36. The Morgan fingerprint density at radius 1 is 0.800 bits per heavy atom. The van der Waals surface area contributed by atoms with Crippen molar-refractivity contribution in [1.29, 1.82) is 0 Å². The fourth-order valence-corrected chi connectivity index (χ4v) is 4.09. The molecule has 1 aliphatic heterocycles. The molecule has 4 rings (SSSR count). The number of aromatic nitrogens is 1. The monoisotopic (exact) mass is 398 g/mol. The van der Waals surface area contributed by atoms with Gasteiger partial charge < -0.3 is 4.90 Å². The number of carbonyl (C=O) groups excluding carboxylic acids is 1. The van der Waals surface area contributed by atoms with Crippen LogP contribution in [0.3, 0.4) is 0 Å². The van der Waals surface area contributed by atoms with Crippen molar-refractivity contribution in [3.8, 4) is 22.4 Å². The van der Waals surface area contributed by atoms with Gasteiger partial charge in [0.15, 0.2) is 0 Å². The van der Waals surface area contributed by atoms with E-state index in [2.05, 4.69) is 74.5 Å². The summed E-state index contributed by atoms with van der Waals surface area (Å²) >= 11 is 0. The zero-order valence-electron chi connectivity index (χ0n) is 18.0. The van der Waals surface area contributed by atoms with E-state index in [0.29, 0.717) is 12.3 Å². The maximum atomic E-state index is 12.5. The van der Waals surface area contributed by atoms with Gasteiger partial charge in [-0.3, -0.25) is 9.78 Å². The molecule has 2 heterocycles. The highest BCUT2D eigenvalue weighted by Crippen LogP contribution is 2.28. The van der Waals surface area contributed by atoms with E-state index in [1.165, 1.54) is 16.7 Å². The molecule has 154 valence electrons. The van der Waals surface area contributed by atoms with Gasteiger partial charge in [-0.25, -0.2) is 0 Å². The van der Waals surface area contributed by atoms with Crippen LogP contribution in [0.2, 0.25) is 0 Å². The van der Waals surface area contributed by atoms with E-state index in [9.17, 15) is 4.79 Å². The number of pyridine rings is 1. The van der Waals surface area contributed by atoms with Crippen LogP contribution in [0.25, 0.3) is 22.4 Å². The highest BCUT2D eigenvalue weighted by molar-refractivity contribution is 5.76. The number of amides is 1. The van der Waals surface area contributed by atoms with Crippen LogP contribution in [0.5, 0.6) is 0 Å². The Kier molecular flexibility index (Phi) is 6.27. The molecule has 0 unspecified atom stereocenters. The number of hydrogen-bond donors (Lipinski definition) is 0. The first-order chi connectivity index (χ1) is 14.6. The van der Waals surface area contributed by atoms with Crippen LogP contribution in [0.15, 0.2) is 60.7 Å². The lowest BCUT2D eigenvalue weighted by atomic mass is 9.99. The van der Waals surface area contributed by atoms with Crippen molar-refractivity contribution in [3.05, 3.63) is 77.5 Å². The second-order valence-corrected chi connectivity index (χ2v) is 8.36. The fourth-order valence-electron chi connectivity index (χ4n) is 4.09. The molecule has 1 amide bonds. The number of hydrogen-bond acceptors (Lipinski definition) is 2. The Morgan fingerprint density at radius 2 is 1.47 bits per heavy atom. The molecule has 3 aromatic rings. The summed E-state index contributed by atoms with van der Waals surface area (Å²) in [7, 11) is 0. The van der Waals surface area contributed by atoms with Crippen molar-refractivity contribution in [2.75, 3.05) is 13.1 Å². The molecule has 0 atom stereocenters. The molecule has 1 saturated heterocycles. The van der Waals surface area contributed by atoms with Crippen molar-refractivity contribution in [2.45, 2.75) is 46.0 Å². The number of carbonyl (C=O) groups is 1. The first-order valence-corrected chi connectivity index (χ1v) is 11.0. The molecule has 0 N–H and O–H groups in total. The van der Waals surface area contributed by atoms with Crippen LogP contribution in [0, 0.1) is 13.8 Å². The standard InChI is InChI=1S/C27H30N2O/c1-20-7-11-22(12-8-20)24-15-16-25(23-13-9-21(2)10-14-23)28-26(24)17-19-29-18-5-3-4-6-27(29)30/h7-16H,3-6,17-19H2,1-2H3. The van der Waals surface area contributed by atoms with Crippen molar-refractivity contribution in [2.24, 2.45) is 0 Å². The quantitative estimate of drug-likeness (QED) is 0.530. The third-order valence-corrected chi connectivity index (χ3v) is 5.97. The molecule has 0 spiro atoms. The predicted molar refractivity (Wildman–Crippen MR) is 123 cm³/mol. The molecule has 1 fully saturated rings. The lowest BCUT2D eigenvalue weighted by molar-refractivity contribution is -0.130. The van der Waals surface area contributed by atoms with Crippen molar-refractivity contribution < 1.29 is 4.79 Å². The molecule has 3 nitrogen and oxygen atoms in total. The predicted octanol–water partition coefficient (Wildman–Crippen LogP) is 5.98. The van der Waals surface area contributed by atoms with Gasteiger partial charge in [-0.2, -0.15) is 0 Å². The van der Waals surface area contributed by atoms with Crippen molar-refractivity contribution in [1.82, 2.24) is 9.88 Å². The van der Waals surface area contributed by atoms with Gasteiger partial charge in [-0.05, 0) is 38.3 Å². The SMILES string of the molecule is Cc1ccc(-c2ccc(-c3ccc(C)cc3)c(CCN3CCCCCC3=O)n2)cc1. The smallest absolute Gasteiger partial charge is 0.222 e. The number of rotatable bonds is 5. The summed E-state index contributed by atoms with van der Waals surface area (Å²) in [6.07, 6.45) is 4.73. The van der Waals surface area contributed by atoms with Gasteiger partial charge in [0.05, 0.1) is 11.4 Å². The molecule has 0 saturated carbocycles. The van der Waals surface area contributed by atoms with Gasteiger partial charge in [0, 0.05) is 37.1 Å². The van der Waals surface area contributed by atoms with E-state index >= 15 is 0 Å². The average molecular weight is 399 g/mol. The Hall–Kier alpha value is -2.94. The maximum Gasteiger partial charge on any atom is 0.222 e. The highest BCUT2D eigenvalue weighted by Gasteiger charge is 2.18. The van der Waals surface area contributed by atoms with Gasteiger partial charge in [0.1, 0.15) is 0 Å². The molecule has 0 bridgehead atoms. The van der Waals surface area contributed by atoms with E-state index in [4.69, 9.17) is 4.98 Å². The van der Waals surface area contributed by atoms with Crippen LogP contribution in [0.1, 0.15) is 42.5 Å². The summed E-state index contributed by atoms with van der Waals surface area (Å²) in [4.78, 5) is 19.6. The fraction of sp³-hybridized carbons (Fsp3) is 0.333. The summed E-state index contributed by atoms with van der Waals surface area (Å²) in [6, 6.07) is 21.4. The lowest BCUT2D eigenvalue weighted by Crippen LogP contribution is -2.32. The average Bonchev–Trinajstić information content (AvgIpc) is 2.97. The molecule has 0 radical (unpaired) electrons. The Morgan fingerprint density at radius 3 is 2.17 bits per heavy atom. The Balaban J connectivity index is 1.66. The first-order valence-electron chi connectivity index (χ1n) is 11.0. The van der Waals surface area contributed by atoms with Crippen molar-refractivity contribution in [3.63, 3.8) is 0 Å². The summed E-state index contributed by atoms with van der Waals surface area (Å²) in [5.74, 6) is 0.291. The zero-order valence-corrected chi connectivity index (χ0v) is 18.0. The summed E-state index contributed by atoms with van der Waals surface area (Å²) < 4.78 is 0. The third-order valence-electron chi connectivity index (χ3n) is 5.97. The second kappa shape index (κ2) is 9.25. The van der Waals surface area contributed by atoms with E-state index in [1.807, 2.05) is 4.90 Å². The van der Waals surface area contributed by atoms with E-state index in [-0.39, 0.29) is 0 Å². The van der Waals surface area contributed by atoms with Crippen LogP contribution in [-0.2, 0) is 11.2 Å². The minimum Gasteiger partial charge on any atom is -0.342 e. The molecule has 2 aromatic carbocycles. The molecule has 0 aliphatic carbocycles. The van der Waals surface area contributed by atoms with Gasteiger partial charge >= 0.3 is 0 Å². The summed E-state index contributed by atoms with van der Waals surface area (Å²) in [6.45, 7) is 5.81. The normalized spacial score (nSPS) is 14.6. The summed E-state index contributed by atoms with van der Waals surface area (Å²) in [5.41, 5.74) is 8.02. The lowest BCUT2D eigenvalue weighted by Gasteiger charge is -2.21. The number of aryl methyl sites for hydroxylation is 2. The summed E-state index contributed by atoms with van der Waals surface area (Å²) in [5, 5.41) is 0. The molecule has 3 heteroatoms. The van der Waals surface area contributed by atoms with Crippen LogP contribution in [-0.4, -0.2) is 28.9 Å². The van der Waals surface area contributed by atoms with E-state index < -0.39 is 0 Å². The van der Waals surface area contributed by atoms with Gasteiger partial charge in [-0.1, -0.05) is 72.1 Å². The number of nitrogens with zero attached hydrogens (tertiary/aromatic N) is 2. The Bertz CT molecular complexity index is 1010. The minimum atomic E-state index is 0.291. The van der Waals surface area contributed by atoms with Crippen LogP contribution in [0.4, 0.5) is 0 Å². The third kappa shape index (κ3) is 4.79. The van der Waals surface area contributed by atoms with E-state index in [0.717, 1.165) is 61.3 Å². The highest BCUT2D eigenvalue weighted by atomic mass is 16.2. The maximum absolute atomic E-state index is 12.5. The minimum absolute atomic E-state index is 0.291. The molecular formula is C27H30N2O. The zero-order chi connectivity index (χ0) is 20.9.